The van der Waals surface area contributed by atoms with E-state index in [9.17, 15) is 14.4 Å². The van der Waals surface area contributed by atoms with Crippen LogP contribution in [-0.4, -0.2) is 68.9 Å². The molecule has 1 aliphatic heterocycles. The number of nitrogens with two attached hydrogens (primary N) is 1. The molecule has 41 heavy (non-hydrogen) atoms. The van der Waals surface area contributed by atoms with E-state index in [1.807, 2.05) is 13.8 Å². The van der Waals surface area contributed by atoms with Crippen molar-refractivity contribution in [3.05, 3.63) is 29.2 Å². The molecule has 6 rings (SSSR count). The Morgan fingerprint density at radius 1 is 1.24 bits per heavy atom. The number of nitrogens with zero attached hydrogens (tertiary/aromatic N) is 4. The van der Waals surface area contributed by atoms with E-state index in [4.69, 9.17) is 24.7 Å². The van der Waals surface area contributed by atoms with Gasteiger partial charge in [0.2, 0.25) is 0 Å². The summed E-state index contributed by atoms with van der Waals surface area (Å²) in [6, 6.07) is 2.48. The van der Waals surface area contributed by atoms with Gasteiger partial charge in [-0.1, -0.05) is 20.8 Å². The average molecular weight is 574 g/mol. The van der Waals surface area contributed by atoms with Crippen LogP contribution in [0.4, 0.5) is 10.6 Å². The first-order valence-corrected chi connectivity index (χ1v) is 13.9. The van der Waals surface area contributed by atoms with Crippen LogP contribution in [0.15, 0.2) is 12.1 Å². The fraction of sp³-hybridized carbons (Fsp3) is 0.667. The molecule has 0 unspecified atom stereocenters. The van der Waals surface area contributed by atoms with Crippen molar-refractivity contribution in [2.45, 2.75) is 77.2 Å². The van der Waals surface area contributed by atoms with Gasteiger partial charge in [-0.2, -0.15) is 10.2 Å². The van der Waals surface area contributed by atoms with Gasteiger partial charge in [-0.25, -0.2) is 9.48 Å². The normalized spacial score (nSPS) is 27.1. The van der Waals surface area contributed by atoms with Gasteiger partial charge in [-0.15, -0.1) is 0 Å². The van der Waals surface area contributed by atoms with Crippen LogP contribution in [0.25, 0.3) is 0 Å². The molecule has 4 atom stereocenters. The number of alkyl carbamates (subject to hydrolysis) is 1. The summed E-state index contributed by atoms with van der Waals surface area (Å²) in [5.41, 5.74) is 7.21. The predicted molar refractivity (Wildman–Crippen MR) is 144 cm³/mol. The van der Waals surface area contributed by atoms with E-state index in [1.54, 1.807) is 26.3 Å². The predicted octanol–water partition coefficient (Wildman–Crippen LogP) is 1.85. The molecular weight excluding hydrogens is 534 g/mol. The summed E-state index contributed by atoms with van der Waals surface area (Å²) in [5.74, 6) is 0.356. The van der Waals surface area contributed by atoms with Crippen LogP contribution in [0.2, 0.25) is 0 Å². The van der Waals surface area contributed by atoms with E-state index in [0.717, 1.165) is 12.8 Å². The summed E-state index contributed by atoms with van der Waals surface area (Å²) >= 11 is 0. The highest BCUT2D eigenvalue weighted by molar-refractivity contribution is 6.02. The fourth-order valence-electron chi connectivity index (χ4n) is 5.64. The minimum absolute atomic E-state index is 0.111. The maximum absolute atomic E-state index is 13.1. The van der Waals surface area contributed by atoms with Crippen LogP contribution < -0.4 is 16.4 Å². The molecule has 14 heteroatoms. The molecule has 4 aliphatic rings. The number of carbonyl (C=O) groups excluding carboxylic acids is 3. The van der Waals surface area contributed by atoms with Crippen LogP contribution in [-0.2, 0) is 44.1 Å². The Morgan fingerprint density at radius 2 is 2.00 bits per heavy atom. The highest BCUT2D eigenvalue weighted by Crippen LogP contribution is 2.61. The van der Waals surface area contributed by atoms with Crippen molar-refractivity contribution in [2.75, 3.05) is 19.0 Å². The lowest BCUT2D eigenvalue weighted by molar-refractivity contribution is -0.150. The number of carbonyl (C=O) groups is 3. The summed E-state index contributed by atoms with van der Waals surface area (Å²) in [4.78, 5) is 38.1. The summed E-state index contributed by atoms with van der Waals surface area (Å²) in [6.45, 7) is 6.00. The van der Waals surface area contributed by atoms with Crippen LogP contribution in [0.1, 0.15) is 68.0 Å². The standard InChI is InChI=1S/C27H39N7O7/c1-14(2)23(28)25(36)40-13-34-22(29-24(35)20-6-17(11-38-5)31-33(20)4)8-19(32-34)21-7-18(12-39-21)41-26(37)30-27-9-16(10-27)15(27)3/h6,8,14-16,18,21,23H,7,9-13,28H2,1-5H3,(H,29,35)(H,30,37)/t15-,16?,18-,21-,23-,27?/m0/s1. The number of anilines is 1. The second kappa shape index (κ2) is 11.4. The van der Waals surface area contributed by atoms with Crippen molar-refractivity contribution in [3.63, 3.8) is 0 Å². The summed E-state index contributed by atoms with van der Waals surface area (Å²) in [7, 11) is 3.20. The number of aromatic nitrogens is 4. The molecule has 4 fully saturated rings. The number of aryl methyl sites for hydroxylation is 1. The zero-order chi connectivity index (χ0) is 29.5. The quantitative estimate of drug-likeness (QED) is 0.337. The first-order chi connectivity index (χ1) is 19.5. The number of hydrogen-bond donors (Lipinski definition) is 3. The Balaban J connectivity index is 1.26. The van der Waals surface area contributed by atoms with E-state index in [2.05, 4.69) is 27.8 Å². The first-order valence-electron chi connectivity index (χ1n) is 13.9. The number of methoxy groups -OCH3 is 1. The molecule has 2 bridgehead atoms. The molecule has 0 aromatic carbocycles. The van der Waals surface area contributed by atoms with E-state index < -0.39 is 36.2 Å². The summed E-state index contributed by atoms with van der Waals surface area (Å²) < 4.78 is 24.9. The third-order valence-electron chi connectivity index (χ3n) is 8.56. The summed E-state index contributed by atoms with van der Waals surface area (Å²) in [6.07, 6.45) is 1.05. The lowest BCUT2D eigenvalue weighted by atomic mass is 9.43. The molecule has 2 aromatic rings. The smallest absolute Gasteiger partial charge is 0.407 e. The third-order valence-corrected chi connectivity index (χ3v) is 8.56. The van der Waals surface area contributed by atoms with Gasteiger partial charge in [0, 0.05) is 32.2 Å². The van der Waals surface area contributed by atoms with Gasteiger partial charge >= 0.3 is 12.1 Å². The molecule has 0 radical (unpaired) electrons. The third kappa shape index (κ3) is 5.81. The van der Waals surface area contributed by atoms with Crippen LogP contribution in [0.3, 0.4) is 0 Å². The van der Waals surface area contributed by atoms with Crippen LogP contribution >= 0.6 is 0 Å². The molecule has 4 N–H and O–H groups in total. The van der Waals surface area contributed by atoms with E-state index in [1.165, 1.54) is 9.36 Å². The number of hydrogen-bond acceptors (Lipinski definition) is 10. The second-order valence-corrected chi connectivity index (χ2v) is 11.7. The van der Waals surface area contributed by atoms with Gasteiger partial charge in [-0.3, -0.25) is 14.3 Å². The number of amides is 2. The zero-order valence-electron chi connectivity index (χ0n) is 24.1. The lowest BCUT2D eigenvalue weighted by Crippen LogP contribution is -2.74. The van der Waals surface area contributed by atoms with Crippen molar-refractivity contribution in [3.8, 4) is 0 Å². The Bertz CT molecular complexity index is 1300. The maximum Gasteiger partial charge on any atom is 0.407 e. The van der Waals surface area contributed by atoms with Gasteiger partial charge in [0.05, 0.1) is 24.6 Å². The Morgan fingerprint density at radius 3 is 2.63 bits per heavy atom. The van der Waals surface area contributed by atoms with E-state index in [0.29, 0.717) is 35.3 Å². The van der Waals surface area contributed by atoms with Gasteiger partial charge in [0.15, 0.2) is 6.73 Å². The fourth-order valence-corrected chi connectivity index (χ4v) is 5.64. The highest BCUT2D eigenvalue weighted by atomic mass is 16.6. The monoisotopic (exact) mass is 573 g/mol. The second-order valence-electron chi connectivity index (χ2n) is 11.7. The Kier molecular flexibility index (Phi) is 8.08. The van der Waals surface area contributed by atoms with Gasteiger partial charge in [-0.05, 0) is 36.7 Å². The molecule has 0 spiro atoms. The van der Waals surface area contributed by atoms with Crippen molar-refractivity contribution < 1.29 is 33.3 Å². The van der Waals surface area contributed by atoms with Crippen molar-refractivity contribution >= 4 is 23.8 Å². The van der Waals surface area contributed by atoms with E-state index >= 15 is 0 Å². The largest absolute Gasteiger partial charge is 0.444 e. The Labute approximate surface area is 238 Å². The average Bonchev–Trinajstić information content (AvgIpc) is 3.63. The molecule has 224 valence electrons. The molecule has 3 saturated carbocycles. The number of rotatable bonds is 11. The van der Waals surface area contributed by atoms with Gasteiger partial charge < -0.3 is 35.3 Å². The summed E-state index contributed by atoms with van der Waals surface area (Å²) in [5, 5.41) is 14.7. The topological polar surface area (TPSA) is 174 Å². The highest BCUT2D eigenvalue weighted by Gasteiger charge is 2.64. The van der Waals surface area contributed by atoms with Crippen LogP contribution in [0.5, 0.6) is 0 Å². The molecule has 2 aromatic heterocycles. The van der Waals surface area contributed by atoms with Gasteiger partial charge in [0.25, 0.3) is 5.91 Å². The minimum atomic E-state index is -0.799. The molecule has 3 heterocycles. The van der Waals surface area contributed by atoms with E-state index in [-0.39, 0.29) is 37.2 Å². The minimum Gasteiger partial charge on any atom is -0.444 e. The Hall–Kier alpha value is -3.49. The van der Waals surface area contributed by atoms with Crippen molar-refractivity contribution in [1.82, 2.24) is 24.9 Å². The first kappa shape index (κ1) is 29.0. The number of nitrogens with one attached hydrogen (secondary N) is 2. The van der Waals surface area contributed by atoms with Crippen molar-refractivity contribution in [2.24, 2.45) is 30.5 Å². The molecule has 1 saturated heterocycles. The van der Waals surface area contributed by atoms with Crippen molar-refractivity contribution in [1.29, 1.82) is 0 Å². The lowest BCUT2D eigenvalue weighted by Gasteiger charge is -2.67. The number of esters is 1. The molecule has 2 amide bonds. The molecule has 3 aliphatic carbocycles. The molecular formula is C27H39N7O7. The number of ether oxygens (including phenoxy) is 4. The van der Waals surface area contributed by atoms with Gasteiger partial charge in [0.1, 0.15) is 29.8 Å². The SMILES string of the molecule is COCc1cc(C(=O)Nc2cc([C@@H]3C[C@H](OC(=O)NC45CC(C4)[C@@H]5C)CO3)nn2COC(=O)[C@@H](N)C(C)C)n(C)n1. The van der Waals surface area contributed by atoms with Crippen LogP contribution in [0, 0.1) is 17.8 Å². The molecule has 14 nitrogen and oxygen atoms in total. The maximum atomic E-state index is 13.1. The zero-order valence-corrected chi connectivity index (χ0v) is 24.1.